The van der Waals surface area contributed by atoms with Gasteiger partial charge in [-0.3, -0.25) is 4.57 Å². The molecule has 0 aliphatic carbocycles. The van der Waals surface area contributed by atoms with Gasteiger partial charge in [-0.2, -0.15) is 4.72 Å². The van der Waals surface area contributed by atoms with E-state index in [9.17, 15) is 13.0 Å². The van der Waals surface area contributed by atoms with Gasteiger partial charge in [0.25, 0.3) is 0 Å². The van der Waals surface area contributed by atoms with Crippen LogP contribution in [0.2, 0.25) is 0 Å². The predicted molar refractivity (Wildman–Crippen MR) is 81.8 cm³/mol. The molecule has 8 heteroatoms. The molecule has 0 spiro atoms. The van der Waals surface area contributed by atoms with Gasteiger partial charge in [0.05, 0.1) is 4.90 Å². The van der Waals surface area contributed by atoms with Crippen LogP contribution < -0.4 is 4.72 Å². The molecule has 0 saturated carbocycles. The highest BCUT2D eigenvalue weighted by atomic mass is 32.2. The molecule has 0 radical (unpaired) electrons. The Kier molecular flexibility index (Phi) is 6.56. The number of benzene rings is 1. The van der Waals surface area contributed by atoms with Gasteiger partial charge in [-0.1, -0.05) is 31.0 Å². The van der Waals surface area contributed by atoms with E-state index in [0.717, 1.165) is 5.56 Å². The quantitative estimate of drug-likeness (QED) is 0.739. The Morgan fingerprint density at radius 1 is 1.19 bits per heavy atom. The molecule has 1 rings (SSSR count). The molecule has 0 saturated heterocycles. The molecule has 1 N–H and O–H groups in total. The maximum Gasteiger partial charge on any atom is 0.347 e. The molecule has 0 heterocycles. The third-order valence-electron chi connectivity index (χ3n) is 3.08. The van der Waals surface area contributed by atoms with Gasteiger partial charge < -0.3 is 9.05 Å². The van der Waals surface area contributed by atoms with E-state index < -0.39 is 23.4 Å². The molecule has 0 bridgehead atoms. The van der Waals surface area contributed by atoms with Crippen molar-refractivity contribution in [2.45, 2.75) is 37.4 Å². The first-order valence-corrected chi connectivity index (χ1v) is 9.68. The van der Waals surface area contributed by atoms with E-state index in [-0.39, 0.29) is 4.90 Å². The lowest BCUT2D eigenvalue weighted by molar-refractivity contribution is 0.261. The van der Waals surface area contributed by atoms with Crippen LogP contribution in [0.1, 0.15) is 25.3 Å². The summed E-state index contributed by atoms with van der Waals surface area (Å²) in [5.41, 5.74) is 0.957. The Morgan fingerprint density at radius 2 is 1.71 bits per heavy atom. The first-order chi connectivity index (χ1) is 9.79. The number of hydrogen-bond donors (Lipinski definition) is 1. The average Bonchev–Trinajstić information content (AvgIpc) is 2.46. The molecule has 0 aliphatic rings. The van der Waals surface area contributed by atoms with Crippen LogP contribution in [0, 0.1) is 6.92 Å². The topological polar surface area (TPSA) is 81.7 Å². The summed E-state index contributed by atoms with van der Waals surface area (Å²) in [7, 11) is -4.82. The van der Waals surface area contributed by atoms with Crippen molar-refractivity contribution in [3.05, 3.63) is 29.8 Å². The summed E-state index contributed by atoms with van der Waals surface area (Å²) in [4.78, 5) is 0.118. The molecule has 0 amide bonds. The van der Waals surface area contributed by atoms with Crippen LogP contribution in [0.15, 0.2) is 29.2 Å². The van der Waals surface area contributed by atoms with Crippen molar-refractivity contribution >= 4 is 17.6 Å². The summed E-state index contributed by atoms with van der Waals surface area (Å²) in [5, 5.41) is 0. The predicted octanol–water partition coefficient (Wildman–Crippen LogP) is 2.89. The zero-order valence-electron chi connectivity index (χ0n) is 12.7. The molecule has 0 aliphatic heterocycles. The van der Waals surface area contributed by atoms with Crippen molar-refractivity contribution in [1.82, 2.24) is 4.72 Å². The van der Waals surface area contributed by atoms with Crippen LogP contribution in [-0.4, -0.2) is 28.4 Å². The van der Waals surface area contributed by atoms with Gasteiger partial charge in [-0.05, 0) is 25.5 Å². The summed E-state index contributed by atoms with van der Waals surface area (Å²) >= 11 is 0. The Morgan fingerprint density at radius 3 is 2.14 bits per heavy atom. The Labute approximate surface area is 126 Å². The van der Waals surface area contributed by atoms with Crippen molar-refractivity contribution in [3.8, 4) is 0 Å². The largest absolute Gasteiger partial charge is 0.347 e. The second-order valence-corrected chi connectivity index (χ2v) is 8.79. The first-order valence-electron chi connectivity index (χ1n) is 6.59. The normalized spacial score (nSPS) is 14.1. The highest BCUT2D eigenvalue weighted by Crippen LogP contribution is 2.52. The SMILES string of the molecule is CCCC(NS(=O)(=O)c1ccc(C)cc1)P(=O)(OC)OC. The smallest absolute Gasteiger partial charge is 0.311 e. The van der Waals surface area contributed by atoms with Crippen molar-refractivity contribution in [2.75, 3.05) is 14.2 Å². The van der Waals surface area contributed by atoms with E-state index in [2.05, 4.69) is 4.72 Å². The fraction of sp³-hybridized carbons (Fsp3) is 0.538. The van der Waals surface area contributed by atoms with E-state index in [1.807, 2.05) is 13.8 Å². The Hall–Kier alpha value is -0.720. The average molecular weight is 335 g/mol. The summed E-state index contributed by atoms with van der Waals surface area (Å²) < 4.78 is 49.4. The highest BCUT2D eigenvalue weighted by Gasteiger charge is 2.36. The van der Waals surface area contributed by atoms with Gasteiger partial charge in [0.2, 0.25) is 10.0 Å². The molecular weight excluding hydrogens is 313 g/mol. The monoisotopic (exact) mass is 335 g/mol. The third kappa shape index (κ3) is 4.63. The van der Waals surface area contributed by atoms with Crippen molar-refractivity contribution in [3.63, 3.8) is 0 Å². The Bertz CT molecular complexity index is 591. The molecule has 1 aromatic rings. The van der Waals surface area contributed by atoms with Crippen LogP contribution in [-0.2, 0) is 23.6 Å². The first kappa shape index (κ1) is 18.3. The minimum absolute atomic E-state index is 0.118. The zero-order chi connectivity index (χ0) is 16.1. The standard InChI is InChI=1S/C13H22NO5PS/c1-5-6-13(20(15,18-3)19-4)14-21(16,17)12-9-7-11(2)8-10-12/h7-10,13-14H,5-6H2,1-4H3. The van der Waals surface area contributed by atoms with E-state index in [1.54, 1.807) is 12.1 Å². The zero-order valence-corrected chi connectivity index (χ0v) is 14.4. The number of nitrogens with one attached hydrogen (secondary N) is 1. The summed E-state index contributed by atoms with van der Waals surface area (Å²) in [6, 6.07) is 6.42. The lowest BCUT2D eigenvalue weighted by Crippen LogP contribution is -2.35. The second-order valence-electron chi connectivity index (χ2n) is 4.64. The molecule has 0 fully saturated rings. The van der Waals surface area contributed by atoms with Crippen molar-refractivity contribution in [1.29, 1.82) is 0 Å². The van der Waals surface area contributed by atoms with E-state index in [4.69, 9.17) is 9.05 Å². The van der Waals surface area contributed by atoms with Crippen LogP contribution in [0.25, 0.3) is 0 Å². The van der Waals surface area contributed by atoms with Crippen LogP contribution in [0.4, 0.5) is 0 Å². The van der Waals surface area contributed by atoms with E-state index in [0.29, 0.717) is 12.8 Å². The number of rotatable bonds is 8. The summed E-state index contributed by atoms with van der Waals surface area (Å²) in [6.45, 7) is 3.73. The van der Waals surface area contributed by atoms with Crippen LogP contribution >= 0.6 is 7.60 Å². The van der Waals surface area contributed by atoms with Gasteiger partial charge in [0, 0.05) is 14.2 Å². The van der Waals surface area contributed by atoms with Gasteiger partial charge in [-0.25, -0.2) is 8.42 Å². The van der Waals surface area contributed by atoms with Crippen molar-refractivity contribution in [2.24, 2.45) is 0 Å². The Balaban J connectivity index is 3.08. The molecule has 1 aromatic carbocycles. The molecule has 21 heavy (non-hydrogen) atoms. The molecular formula is C13H22NO5PS. The number of aryl methyl sites for hydroxylation is 1. The highest BCUT2D eigenvalue weighted by molar-refractivity contribution is 7.89. The fourth-order valence-corrected chi connectivity index (χ4v) is 5.12. The van der Waals surface area contributed by atoms with Crippen molar-refractivity contribution < 1.29 is 22.0 Å². The van der Waals surface area contributed by atoms with Gasteiger partial charge in [0.1, 0.15) is 5.78 Å². The van der Waals surface area contributed by atoms with Gasteiger partial charge in [-0.15, -0.1) is 0 Å². The molecule has 0 aromatic heterocycles. The lowest BCUT2D eigenvalue weighted by Gasteiger charge is -2.24. The minimum Gasteiger partial charge on any atom is -0.311 e. The van der Waals surface area contributed by atoms with Crippen LogP contribution in [0.3, 0.4) is 0 Å². The third-order valence-corrected chi connectivity index (χ3v) is 6.91. The maximum absolute atomic E-state index is 12.4. The minimum atomic E-state index is -3.78. The van der Waals surface area contributed by atoms with Crippen LogP contribution in [0.5, 0.6) is 0 Å². The molecule has 6 nitrogen and oxygen atoms in total. The summed E-state index contributed by atoms with van der Waals surface area (Å²) in [6.07, 6.45) is 0.988. The van der Waals surface area contributed by atoms with E-state index >= 15 is 0 Å². The van der Waals surface area contributed by atoms with Gasteiger partial charge >= 0.3 is 7.60 Å². The fourth-order valence-electron chi connectivity index (χ4n) is 1.85. The number of sulfonamides is 1. The van der Waals surface area contributed by atoms with E-state index in [1.165, 1.54) is 26.4 Å². The molecule has 120 valence electrons. The second kappa shape index (κ2) is 7.51. The molecule has 1 unspecified atom stereocenters. The van der Waals surface area contributed by atoms with Gasteiger partial charge in [0.15, 0.2) is 0 Å². The number of hydrogen-bond acceptors (Lipinski definition) is 5. The molecule has 1 atom stereocenters. The lowest BCUT2D eigenvalue weighted by atomic mass is 10.2. The maximum atomic E-state index is 12.4. The summed E-state index contributed by atoms with van der Waals surface area (Å²) in [5.74, 6) is -0.913.